The Morgan fingerprint density at radius 2 is 1.79 bits per heavy atom. The summed E-state index contributed by atoms with van der Waals surface area (Å²) < 4.78 is 0. The van der Waals surface area contributed by atoms with Gasteiger partial charge in [-0.15, -0.1) is 0 Å². The molecular formula is C15H22N2O2. The molecule has 0 unspecified atom stereocenters. The third kappa shape index (κ3) is 6.72. The van der Waals surface area contributed by atoms with Gasteiger partial charge < -0.3 is 5.32 Å². The summed E-state index contributed by atoms with van der Waals surface area (Å²) in [7, 11) is 1.78. The first kappa shape index (κ1) is 15.4. The third-order valence-electron chi connectivity index (χ3n) is 2.55. The molecule has 1 aromatic carbocycles. The lowest BCUT2D eigenvalue weighted by atomic mass is 10.1. The number of nitrogens with zero attached hydrogens (tertiary/aromatic N) is 1. The van der Waals surface area contributed by atoms with Gasteiger partial charge in [0.25, 0.3) is 0 Å². The van der Waals surface area contributed by atoms with Crippen molar-refractivity contribution in [3.63, 3.8) is 0 Å². The Hall–Kier alpha value is -1.68. The SMILES string of the molecule is CC(C)NC(=O)CN(C)CC(=O)Cc1ccccc1. The minimum absolute atomic E-state index is 0.0509. The van der Waals surface area contributed by atoms with Crippen molar-refractivity contribution >= 4 is 11.7 Å². The van der Waals surface area contributed by atoms with Crippen LogP contribution < -0.4 is 5.32 Å². The van der Waals surface area contributed by atoms with Gasteiger partial charge in [-0.3, -0.25) is 14.5 Å². The van der Waals surface area contributed by atoms with E-state index in [4.69, 9.17) is 0 Å². The minimum Gasteiger partial charge on any atom is -0.353 e. The van der Waals surface area contributed by atoms with Crippen LogP contribution in [0.5, 0.6) is 0 Å². The van der Waals surface area contributed by atoms with Crippen molar-refractivity contribution in [3.05, 3.63) is 35.9 Å². The lowest BCUT2D eigenvalue weighted by molar-refractivity contribution is -0.123. The fourth-order valence-corrected chi connectivity index (χ4v) is 1.85. The van der Waals surface area contributed by atoms with Gasteiger partial charge in [0.1, 0.15) is 0 Å². The molecule has 0 saturated heterocycles. The van der Waals surface area contributed by atoms with E-state index >= 15 is 0 Å². The van der Waals surface area contributed by atoms with Crippen molar-refractivity contribution in [1.82, 2.24) is 10.2 Å². The maximum Gasteiger partial charge on any atom is 0.234 e. The Kier molecular flexibility index (Phi) is 6.22. The summed E-state index contributed by atoms with van der Waals surface area (Å²) >= 11 is 0. The lowest BCUT2D eigenvalue weighted by Gasteiger charge is -2.16. The first-order chi connectivity index (χ1) is 8.97. The maximum atomic E-state index is 11.9. The molecule has 0 fully saturated rings. The fourth-order valence-electron chi connectivity index (χ4n) is 1.85. The second-order valence-electron chi connectivity index (χ2n) is 5.10. The van der Waals surface area contributed by atoms with E-state index in [1.165, 1.54) is 0 Å². The summed E-state index contributed by atoms with van der Waals surface area (Å²) in [5, 5.41) is 2.80. The van der Waals surface area contributed by atoms with E-state index < -0.39 is 0 Å². The molecular weight excluding hydrogens is 240 g/mol. The van der Waals surface area contributed by atoms with Gasteiger partial charge in [0.15, 0.2) is 5.78 Å². The largest absolute Gasteiger partial charge is 0.353 e. The number of hydrogen-bond donors (Lipinski definition) is 1. The van der Waals surface area contributed by atoms with Crippen LogP contribution in [0.2, 0.25) is 0 Å². The highest BCUT2D eigenvalue weighted by atomic mass is 16.2. The van der Waals surface area contributed by atoms with Gasteiger partial charge in [-0.25, -0.2) is 0 Å². The van der Waals surface area contributed by atoms with Crippen LogP contribution in [0.3, 0.4) is 0 Å². The summed E-state index contributed by atoms with van der Waals surface area (Å²) in [6.07, 6.45) is 0.414. The third-order valence-corrected chi connectivity index (χ3v) is 2.55. The number of benzene rings is 1. The summed E-state index contributed by atoms with van der Waals surface area (Å²) in [6, 6.07) is 9.76. The van der Waals surface area contributed by atoms with E-state index in [2.05, 4.69) is 5.32 Å². The van der Waals surface area contributed by atoms with Gasteiger partial charge in [0, 0.05) is 12.5 Å². The van der Waals surface area contributed by atoms with Gasteiger partial charge in [-0.1, -0.05) is 30.3 Å². The molecule has 0 aromatic heterocycles. The molecule has 4 nitrogen and oxygen atoms in total. The Balaban J connectivity index is 2.34. The van der Waals surface area contributed by atoms with Crippen LogP contribution in [-0.4, -0.2) is 42.8 Å². The number of rotatable bonds is 7. The zero-order valence-electron chi connectivity index (χ0n) is 11.8. The van der Waals surface area contributed by atoms with Crippen LogP contribution in [-0.2, 0) is 16.0 Å². The van der Waals surface area contributed by atoms with Crippen molar-refractivity contribution in [1.29, 1.82) is 0 Å². The second kappa shape index (κ2) is 7.69. The van der Waals surface area contributed by atoms with E-state index in [9.17, 15) is 9.59 Å². The van der Waals surface area contributed by atoms with Gasteiger partial charge in [-0.05, 0) is 26.5 Å². The molecule has 104 valence electrons. The topological polar surface area (TPSA) is 49.4 Å². The zero-order chi connectivity index (χ0) is 14.3. The maximum absolute atomic E-state index is 11.9. The summed E-state index contributed by atoms with van der Waals surface area (Å²) in [6.45, 7) is 4.37. The Morgan fingerprint density at radius 3 is 2.37 bits per heavy atom. The van der Waals surface area contributed by atoms with Gasteiger partial charge in [0.2, 0.25) is 5.91 Å². The fraction of sp³-hybridized carbons (Fsp3) is 0.467. The molecule has 0 aliphatic carbocycles. The molecule has 19 heavy (non-hydrogen) atoms. The molecule has 1 aromatic rings. The van der Waals surface area contributed by atoms with Crippen molar-refractivity contribution in [2.75, 3.05) is 20.1 Å². The molecule has 0 heterocycles. The number of carbonyl (C=O) groups excluding carboxylic acids is 2. The number of hydrogen-bond acceptors (Lipinski definition) is 3. The van der Waals surface area contributed by atoms with E-state index in [0.29, 0.717) is 13.0 Å². The quantitative estimate of drug-likeness (QED) is 0.804. The number of carbonyl (C=O) groups is 2. The standard InChI is InChI=1S/C15H22N2O2/c1-12(2)16-15(19)11-17(3)10-14(18)9-13-7-5-4-6-8-13/h4-8,12H,9-11H2,1-3H3,(H,16,19). The molecule has 1 N–H and O–H groups in total. The smallest absolute Gasteiger partial charge is 0.234 e. The zero-order valence-corrected chi connectivity index (χ0v) is 11.8. The first-order valence-corrected chi connectivity index (χ1v) is 6.51. The van der Waals surface area contributed by atoms with E-state index in [-0.39, 0.29) is 24.3 Å². The van der Waals surface area contributed by atoms with Crippen LogP contribution in [0.1, 0.15) is 19.4 Å². The Morgan fingerprint density at radius 1 is 1.16 bits per heavy atom. The van der Waals surface area contributed by atoms with Crippen LogP contribution in [0.25, 0.3) is 0 Å². The summed E-state index contributed by atoms with van der Waals surface area (Å²) in [4.78, 5) is 25.1. The Labute approximate surface area is 114 Å². The summed E-state index contributed by atoms with van der Waals surface area (Å²) in [5.41, 5.74) is 1.01. The lowest BCUT2D eigenvalue weighted by Crippen LogP contribution is -2.40. The predicted molar refractivity (Wildman–Crippen MR) is 75.9 cm³/mol. The second-order valence-corrected chi connectivity index (χ2v) is 5.10. The van der Waals surface area contributed by atoms with Crippen LogP contribution >= 0.6 is 0 Å². The van der Waals surface area contributed by atoms with Crippen LogP contribution in [0, 0.1) is 0 Å². The average Bonchev–Trinajstić information content (AvgIpc) is 2.28. The Bertz CT molecular complexity index is 415. The highest BCUT2D eigenvalue weighted by molar-refractivity contribution is 5.84. The first-order valence-electron chi connectivity index (χ1n) is 6.51. The number of ketones is 1. The van der Waals surface area contributed by atoms with Gasteiger partial charge in [-0.2, -0.15) is 0 Å². The normalized spacial score (nSPS) is 10.8. The molecule has 0 saturated carbocycles. The van der Waals surface area contributed by atoms with Crippen LogP contribution in [0.4, 0.5) is 0 Å². The molecule has 0 bridgehead atoms. The van der Waals surface area contributed by atoms with Crippen molar-refractivity contribution in [2.24, 2.45) is 0 Å². The number of Topliss-reactive ketones (excluding diaryl/α,β-unsaturated/α-hetero) is 1. The highest BCUT2D eigenvalue weighted by Crippen LogP contribution is 2.00. The molecule has 0 spiro atoms. The van der Waals surface area contributed by atoms with Crippen molar-refractivity contribution in [3.8, 4) is 0 Å². The van der Waals surface area contributed by atoms with Gasteiger partial charge >= 0.3 is 0 Å². The molecule has 1 rings (SSSR count). The van der Waals surface area contributed by atoms with Crippen molar-refractivity contribution in [2.45, 2.75) is 26.3 Å². The number of likely N-dealkylation sites (N-methyl/N-ethyl adjacent to an activating group) is 1. The molecule has 0 atom stereocenters. The van der Waals surface area contributed by atoms with E-state index in [1.807, 2.05) is 44.2 Å². The van der Waals surface area contributed by atoms with Crippen molar-refractivity contribution < 1.29 is 9.59 Å². The average molecular weight is 262 g/mol. The predicted octanol–water partition coefficient (Wildman–Crippen LogP) is 1.25. The van der Waals surface area contributed by atoms with Gasteiger partial charge in [0.05, 0.1) is 13.1 Å². The molecule has 4 heteroatoms. The van der Waals surface area contributed by atoms with Crippen LogP contribution in [0.15, 0.2) is 30.3 Å². The molecule has 0 aliphatic rings. The highest BCUT2D eigenvalue weighted by Gasteiger charge is 2.11. The van der Waals surface area contributed by atoms with E-state index in [0.717, 1.165) is 5.56 Å². The number of amides is 1. The minimum atomic E-state index is -0.0509. The summed E-state index contributed by atoms with van der Waals surface area (Å²) in [5.74, 6) is 0.0658. The monoisotopic (exact) mass is 262 g/mol. The molecule has 0 radical (unpaired) electrons. The molecule has 1 amide bonds. The number of nitrogens with one attached hydrogen (secondary N) is 1. The molecule has 0 aliphatic heterocycles. The van der Waals surface area contributed by atoms with E-state index in [1.54, 1.807) is 11.9 Å².